The van der Waals surface area contributed by atoms with E-state index in [0.717, 1.165) is 28.7 Å². The van der Waals surface area contributed by atoms with Crippen molar-refractivity contribution in [1.82, 2.24) is 10.6 Å². The van der Waals surface area contributed by atoms with Gasteiger partial charge in [-0.25, -0.2) is 0 Å². The normalized spacial score (nSPS) is 10.8. The Morgan fingerprint density at radius 1 is 0.788 bits per heavy atom. The molecule has 0 saturated heterocycles. The molecule has 0 atom stereocenters. The topological polar surface area (TPSA) is 58.2 Å². The molecule has 0 aliphatic rings. The minimum atomic E-state index is -0.141. The van der Waals surface area contributed by atoms with E-state index in [0.29, 0.717) is 31.0 Å². The summed E-state index contributed by atoms with van der Waals surface area (Å²) in [4.78, 5) is 25.5. The Labute approximate surface area is 197 Å². The molecule has 172 valence electrons. The average molecular weight is 443 g/mol. The number of rotatable bonds is 9. The maximum atomic E-state index is 13.2. The van der Waals surface area contributed by atoms with E-state index in [9.17, 15) is 9.59 Å². The number of hydrogen-bond acceptors (Lipinski definition) is 2. The van der Waals surface area contributed by atoms with Gasteiger partial charge in [0, 0.05) is 25.1 Å². The summed E-state index contributed by atoms with van der Waals surface area (Å²) in [5.74, 6) is 0.349. The average Bonchev–Trinajstić information content (AvgIpc) is 2.82. The molecule has 2 amide bonds. The molecule has 3 aromatic rings. The number of nitrogens with one attached hydrogen (secondary N) is 2. The molecule has 0 saturated carbocycles. The summed E-state index contributed by atoms with van der Waals surface area (Å²) in [5.41, 5.74) is 6.92. The third-order valence-electron chi connectivity index (χ3n) is 5.91. The second-order valence-corrected chi connectivity index (χ2v) is 9.05. The van der Waals surface area contributed by atoms with Gasteiger partial charge in [0.2, 0.25) is 5.91 Å². The zero-order chi connectivity index (χ0) is 23.8. The zero-order valence-corrected chi connectivity index (χ0v) is 20.1. The molecule has 2 N–H and O–H groups in total. The highest BCUT2D eigenvalue weighted by Crippen LogP contribution is 2.23. The third kappa shape index (κ3) is 7.04. The first-order valence-electron chi connectivity index (χ1n) is 11.6. The molecule has 4 heteroatoms. The van der Waals surface area contributed by atoms with E-state index in [4.69, 9.17) is 0 Å². The molecule has 0 heterocycles. The molecule has 4 nitrogen and oxygen atoms in total. The van der Waals surface area contributed by atoms with Crippen molar-refractivity contribution in [1.29, 1.82) is 0 Å². The van der Waals surface area contributed by atoms with Crippen LogP contribution in [0.3, 0.4) is 0 Å². The van der Waals surface area contributed by atoms with E-state index in [1.807, 2.05) is 54.6 Å². The van der Waals surface area contributed by atoms with E-state index in [1.165, 1.54) is 11.1 Å². The van der Waals surface area contributed by atoms with Crippen molar-refractivity contribution in [2.24, 2.45) is 5.92 Å². The fourth-order valence-electron chi connectivity index (χ4n) is 3.65. The lowest BCUT2D eigenvalue weighted by Crippen LogP contribution is -2.27. The van der Waals surface area contributed by atoms with Crippen LogP contribution in [0.2, 0.25) is 0 Å². The highest BCUT2D eigenvalue weighted by molar-refractivity contribution is 5.97. The van der Waals surface area contributed by atoms with Gasteiger partial charge in [-0.3, -0.25) is 9.59 Å². The van der Waals surface area contributed by atoms with Gasteiger partial charge < -0.3 is 10.6 Å². The van der Waals surface area contributed by atoms with E-state index in [2.05, 4.69) is 50.5 Å². The van der Waals surface area contributed by atoms with Crippen LogP contribution in [0, 0.1) is 19.8 Å². The van der Waals surface area contributed by atoms with Crippen molar-refractivity contribution in [3.8, 4) is 11.1 Å². The smallest absolute Gasteiger partial charge is 0.251 e. The largest absolute Gasteiger partial charge is 0.352 e. The molecular weight excluding hydrogens is 408 g/mol. The van der Waals surface area contributed by atoms with Crippen LogP contribution in [0.1, 0.15) is 59.3 Å². The Morgan fingerprint density at radius 2 is 1.55 bits per heavy atom. The number of hydrogen-bond donors (Lipinski definition) is 2. The number of amides is 2. The monoisotopic (exact) mass is 442 g/mol. The summed E-state index contributed by atoms with van der Waals surface area (Å²) in [5, 5.41) is 6.03. The summed E-state index contributed by atoms with van der Waals surface area (Å²) >= 11 is 0. The molecule has 0 unspecified atom stereocenters. The van der Waals surface area contributed by atoms with Crippen molar-refractivity contribution in [3.63, 3.8) is 0 Å². The third-order valence-corrected chi connectivity index (χ3v) is 5.91. The molecule has 0 spiro atoms. The number of carbonyl (C=O) groups is 2. The van der Waals surface area contributed by atoms with Gasteiger partial charge in [0.05, 0.1) is 0 Å². The van der Waals surface area contributed by atoms with Gasteiger partial charge in [0.25, 0.3) is 5.91 Å². The summed E-state index contributed by atoms with van der Waals surface area (Å²) < 4.78 is 0. The van der Waals surface area contributed by atoms with Crippen molar-refractivity contribution >= 4 is 11.8 Å². The second kappa shape index (κ2) is 11.5. The molecule has 33 heavy (non-hydrogen) atoms. The van der Waals surface area contributed by atoms with Crippen molar-refractivity contribution in [2.45, 2.75) is 53.6 Å². The highest BCUT2D eigenvalue weighted by Gasteiger charge is 2.14. The maximum absolute atomic E-state index is 13.2. The van der Waals surface area contributed by atoms with Gasteiger partial charge in [-0.1, -0.05) is 74.5 Å². The molecule has 0 aliphatic heterocycles. The Kier molecular flexibility index (Phi) is 8.42. The predicted octanol–water partition coefficient (Wildman–Crippen LogP) is 5.95. The van der Waals surface area contributed by atoms with Crippen LogP contribution in [0.4, 0.5) is 0 Å². The summed E-state index contributed by atoms with van der Waals surface area (Å²) in [6, 6.07) is 22.1. The second-order valence-electron chi connectivity index (χ2n) is 9.05. The quantitative estimate of drug-likeness (QED) is 0.430. The first kappa shape index (κ1) is 24.2. The van der Waals surface area contributed by atoms with Crippen LogP contribution in [-0.4, -0.2) is 11.8 Å². The SMILES string of the molecule is Cc1ccc(CNC(=O)c2cc(-c3ccccc3)ccc2CNC(=O)CCC(C)C)cc1C. The minimum Gasteiger partial charge on any atom is -0.352 e. The van der Waals surface area contributed by atoms with Gasteiger partial charge >= 0.3 is 0 Å². The molecular formula is C29H34N2O2. The van der Waals surface area contributed by atoms with E-state index in [1.54, 1.807) is 0 Å². The van der Waals surface area contributed by atoms with E-state index in [-0.39, 0.29) is 11.8 Å². The van der Waals surface area contributed by atoms with Crippen LogP contribution < -0.4 is 10.6 Å². The lowest BCUT2D eigenvalue weighted by molar-refractivity contribution is -0.121. The van der Waals surface area contributed by atoms with Gasteiger partial charge in [0.1, 0.15) is 0 Å². The minimum absolute atomic E-state index is 0.0114. The highest BCUT2D eigenvalue weighted by atomic mass is 16.2. The van der Waals surface area contributed by atoms with Gasteiger partial charge in [0.15, 0.2) is 0 Å². The summed E-state index contributed by atoms with van der Waals surface area (Å²) in [7, 11) is 0. The van der Waals surface area contributed by atoms with E-state index < -0.39 is 0 Å². The summed E-state index contributed by atoms with van der Waals surface area (Å²) in [6.45, 7) is 9.15. The Hall–Kier alpha value is -3.40. The maximum Gasteiger partial charge on any atom is 0.251 e. The van der Waals surface area contributed by atoms with Crippen molar-refractivity contribution in [3.05, 3.63) is 94.5 Å². The summed E-state index contributed by atoms with van der Waals surface area (Å²) in [6.07, 6.45) is 1.34. The van der Waals surface area contributed by atoms with Gasteiger partial charge in [-0.05, 0) is 65.6 Å². The molecule has 0 fully saturated rings. The van der Waals surface area contributed by atoms with E-state index >= 15 is 0 Å². The number of aryl methyl sites for hydroxylation is 2. The van der Waals surface area contributed by atoms with Crippen molar-refractivity contribution < 1.29 is 9.59 Å². The van der Waals surface area contributed by atoms with Crippen molar-refractivity contribution in [2.75, 3.05) is 0 Å². The first-order valence-corrected chi connectivity index (χ1v) is 11.6. The Balaban J connectivity index is 1.79. The lowest BCUT2D eigenvalue weighted by Gasteiger charge is -2.14. The Bertz CT molecular complexity index is 1100. The molecule has 3 rings (SSSR count). The molecule has 3 aromatic carbocycles. The van der Waals surface area contributed by atoms with Crippen LogP contribution >= 0.6 is 0 Å². The lowest BCUT2D eigenvalue weighted by atomic mass is 9.98. The van der Waals surface area contributed by atoms with Crippen LogP contribution in [-0.2, 0) is 17.9 Å². The fraction of sp³-hybridized carbons (Fsp3) is 0.310. The molecule has 0 aliphatic carbocycles. The first-order chi connectivity index (χ1) is 15.8. The molecule has 0 radical (unpaired) electrons. The van der Waals surface area contributed by atoms with Crippen LogP contribution in [0.5, 0.6) is 0 Å². The van der Waals surface area contributed by atoms with Gasteiger partial charge in [-0.2, -0.15) is 0 Å². The predicted molar refractivity (Wildman–Crippen MR) is 135 cm³/mol. The van der Waals surface area contributed by atoms with Gasteiger partial charge in [-0.15, -0.1) is 0 Å². The molecule has 0 bridgehead atoms. The van der Waals surface area contributed by atoms with Crippen LogP contribution in [0.15, 0.2) is 66.7 Å². The number of benzene rings is 3. The number of carbonyl (C=O) groups excluding carboxylic acids is 2. The zero-order valence-electron chi connectivity index (χ0n) is 20.1. The fourth-order valence-corrected chi connectivity index (χ4v) is 3.65. The standard InChI is InChI=1S/C29H34N2O2/c1-20(2)10-15-28(32)30-19-26-14-13-25(24-8-6-5-7-9-24)17-27(26)29(33)31-18-23-12-11-21(3)22(4)16-23/h5-9,11-14,16-17,20H,10,15,18-19H2,1-4H3,(H,30,32)(H,31,33). The van der Waals surface area contributed by atoms with Crippen LogP contribution in [0.25, 0.3) is 11.1 Å². The molecule has 0 aromatic heterocycles. The Morgan fingerprint density at radius 3 is 2.24 bits per heavy atom.